The zero-order chi connectivity index (χ0) is 17.6. The number of esters is 1. The van der Waals surface area contributed by atoms with E-state index in [1.807, 2.05) is 24.3 Å². The third-order valence-corrected chi connectivity index (χ3v) is 4.33. The highest BCUT2D eigenvalue weighted by Gasteiger charge is 2.08. The van der Waals surface area contributed by atoms with Crippen LogP contribution in [0.5, 0.6) is 0 Å². The van der Waals surface area contributed by atoms with Gasteiger partial charge in [-0.05, 0) is 36.8 Å². The number of carbonyl (C=O) groups is 2. The van der Waals surface area contributed by atoms with Crippen LogP contribution in [0.25, 0.3) is 10.2 Å². The van der Waals surface area contributed by atoms with Gasteiger partial charge in [0.15, 0.2) is 5.13 Å². The Morgan fingerprint density at radius 1 is 1.08 bits per heavy atom. The number of benzene rings is 2. The Hall–Kier alpha value is -2.93. The first kappa shape index (κ1) is 16.9. The molecule has 2 N–H and O–H groups in total. The number of urea groups is 1. The van der Waals surface area contributed by atoms with Gasteiger partial charge in [0.25, 0.3) is 0 Å². The Bertz CT molecular complexity index is 857. The van der Waals surface area contributed by atoms with Crippen LogP contribution in [0.1, 0.15) is 12.5 Å². The van der Waals surface area contributed by atoms with Gasteiger partial charge in [0.2, 0.25) is 0 Å². The van der Waals surface area contributed by atoms with Crippen molar-refractivity contribution in [1.82, 2.24) is 4.98 Å². The maximum atomic E-state index is 12.1. The third-order valence-electron chi connectivity index (χ3n) is 3.38. The van der Waals surface area contributed by atoms with Crippen LogP contribution in [0.4, 0.5) is 15.6 Å². The number of amides is 2. The lowest BCUT2D eigenvalue weighted by molar-refractivity contribution is -0.142. The Kier molecular flexibility index (Phi) is 5.25. The number of hydrogen-bond acceptors (Lipinski definition) is 5. The van der Waals surface area contributed by atoms with Gasteiger partial charge in [-0.25, -0.2) is 9.78 Å². The van der Waals surface area contributed by atoms with Gasteiger partial charge < -0.3 is 10.1 Å². The number of aromatic nitrogens is 1. The molecule has 0 unspecified atom stereocenters. The number of fused-ring (bicyclic) bond motifs is 1. The highest BCUT2D eigenvalue weighted by molar-refractivity contribution is 7.22. The van der Waals surface area contributed by atoms with Crippen molar-refractivity contribution in [2.75, 3.05) is 17.2 Å². The van der Waals surface area contributed by atoms with Crippen molar-refractivity contribution in [2.45, 2.75) is 13.3 Å². The molecule has 0 aliphatic rings. The summed E-state index contributed by atoms with van der Waals surface area (Å²) in [5, 5.41) is 6.01. The van der Waals surface area contributed by atoms with E-state index in [1.54, 1.807) is 31.2 Å². The van der Waals surface area contributed by atoms with Crippen molar-refractivity contribution in [3.63, 3.8) is 0 Å². The Balaban J connectivity index is 1.58. The maximum Gasteiger partial charge on any atom is 0.325 e. The summed E-state index contributed by atoms with van der Waals surface area (Å²) in [6, 6.07) is 14.4. The molecule has 25 heavy (non-hydrogen) atoms. The molecule has 0 radical (unpaired) electrons. The third kappa shape index (κ3) is 4.54. The zero-order valence-corrected chi connectivity index (χ0v) is 14.4. The lowest BCUT2D eigenvalue weighted by Gasteiger charge is -2.06. The number of thiazole rings is 1. The molecule has 0 aliphatic carbocycles. The van der Waals surface area contributed by atoms with Gasteiger partial charge in [-0.15, -0.1) is 0 Å². The Morgan fingerprint density at radius 2 is 1.84 bits per heavy atom. The minimum atomic E-state index is -0.364. The van der Waals surface area contributed by atoms with Gasteiger partial charge in [-0.3, -0.25) is 10.1 Å². The van der Waals surface area contributed by atoms with Crippen LogP contribution in [0.2, 0.25) is 0 Å². The van der Waals surface area contributed by atoms with Gasteiger partial charge in [-0.2, -0.15) is 0 Å². The number of anilines is 2. The number of nitrogens with one attached hydrogen (secondary N) is 2. The molecule has 0 bridgehead atoms. The molecule has 128 valence electrons. The van der Waals surface area contributed by atoms with E-state index in [9.17, 15) is 9.59 Å². The second kappa shape index (κ2) is 7.76. The van der Waals surface area contributed by atoms with Gasteiger partial charge in [0, 0.05) is 5.69 Å². The molecule has 6 nitrogen and oxygen atoms in total. The molecular weight excluding hydrogens is 338 g/mol. The molecule has 7 heteroatoms. The molecule has 1 aromatic heterocycles. The fraction of sp³-hybridized carbons (Fsp3) is 0.167. The van der Waals surface area contributed by atoms with Gasteiger partial charge in [0.05, 0.1) is 23.2 Å². The number of ether oxygens (including phenoxy) is 1. The Labute approximate surface area is 148 Å². The van der Waals surface area contributed by atoms with Crippen LogP contribution in [-0.4, -0.2) is 23.6 Å². The largest absolute Gasteiger partial charge is 0.466 e. The molecule has 2 amide bonds. The summed E-state index contributed by atoms with van der Waals surface area (Å²) in [6.45, 7) is 2.14. The summed E-state index contributed by atoms with van der Waals surface area (Å²) >= 11 is 1.42. The first-order valence-electron chi connectivity index (χ1n) is 7.82. The van der Waals surface area contributed by atoms with E-state index in [1.165, 1.54) is 11.3 Å². The molecule has 0 saturated carbocycles. The Morgan fingerprint density at radius 3 is 2.56 bits per heavy atom. The summed E-state index contributed by atoms with van der Waals surface area (Å²) in [5.74, 6) is -0.267. The van der Waals surface area contributed by atoms with Crippen molar-refractivity contribution < 1.29 is 14.3 Å². The van der Waals surface area contributed by atoms with Crippen LogP contribution in [0, 0.1) is 0 Å². The predicted octanol–water partition coefficient (Wildman–Crippen LogP) is 4.05. The number of rotatable bonds is 5. The van der Waals surface area contributed by atoms with Gasteiger partial charge in [-0.1, -0.05) is 35.6 Å². The number of carbonyl (C=O) groups excluding carboxylic acids is 2. The standard InChI is InChI=1S/C18H17N3O3S/c1-2-24-16(22)11-12-7-9-13(10-8-12)19-17(23)21-18-20-14-5-3-4-6-15(14)25-18/h3-10H,2,11H2,1H3,(H2,19,20,21,23). The minimum Gasteiger partial charge on any atom is -0.466 e. The highest BCUT2D eigenvalue weighted by Crippen LogP contribution is 2.25. The average Bonchev–Trinajstić information content (AvgIpc) is 2.99. The molecule has 1 heterocycles. The van der Waals surface area contributed by atoms with E-state index in [0.29, 0.717) is 17.4 Å². The molecular formula is C18H17N3O3S. The molecule has 0 spiro atoms. The topological polar surface area (TPSA) is 80.3 Å². The summed E-state index contributed by atoms with van der Waals surface area (Å²) < 4.78 is 5.92. The van der Waals surface area contributed by atoms with Crippen LogP contribution < -0.4 is 10.6 Å². The molecule has 0 atom stereocenters. The average molecular weight is 355 g/mol. The summed E-state index contributed by atoms with van der Waals surface area (Å²) in [7, 11) is 0. The van der Waals surface area contributed by atoms with Crippen molar-refractivity contribution in [3.8, 4) is 0 Å². The van der Waals surface area contributed by atoms with E-state index < -0.39 is 0 Å². The monoisotopic (exact) mass is 355 g/mol. The summed E-state index contributed by atoms with van der Waals surface area (Å²) in [6.07, 6.45) is 0.214. The highest BCUT2D eigenvalue weighted by atomic mass is 32.1. The van der Waals surface area contributed by atoms with Gasteiger partial charge in [0.1, 0.15) is 0 Å². The van der Waals surface area contributed by atoms with Crippen LogP contribution in [0.15, 0.2) is 48.5 Å². The van der Waals surface area contributed by atoms with Crippen LogP contribution >= 0.6 is 11.3 Å². The van der Waals surface area contributed by atoms with Gasteiger partial charge >= 0.3 is 12.0 Å². The molecule has 0 saturated heterocycles. The first-order valence-corrected chi connectivity index (χ1v) is 8.64. The molecule has 2 aromatic carbocycles. The van der Waals surface area contributed by atoms with Crippen LogP contribution in [-0.2, 0) is 16.0 Å². The summed E-state index contributed by atoms with van der Waals surface area (Å²) in [4.78, 5) is 27.9. The van der Waals surface area contributed by atoms with Crippen molar-refractivity contribution >= 4 is 44.4 Å². The fourth-order valence-corrected chi connectivity index (χ4v) is 3.13. The van der Waals surface area contributed by atoms with Crippen molar-refractivity contribution in [3.05, 3.63) is 54.1 Å². The lowest BCUT2D eigenvalue weighted by Crippen LogP contribution is -2.19. The van der Waals surface area contributed by atoms with Crippen molar-refractivity contribution in [1.29, 1.82) is 0 Å². The molecule has 3 aromatic rings. The van der Waals surface area contributed by atoms with E-state index >= 15 is 0 Å². The second-order valence-corrected chi connectivity index (χ2v) is 6.28. The van der Waals surface area contributed by atoms with E-state index in [-0.39, 0.29) is 18.4 Å². The second-order valence-electron chi connectivity index (χ2n) is 5.24. The smallest absolute Gasteiger partial charge is 0.325 e. The van der Waals surface area contributed by atoms with E-state index in [0.717, 1.165) is 15.8 Å². The van der Waals surface area contributed by atoms with Crippen molar-refractivity contribution in [2.24, 2.45) is 0 Å². The molecule has 0 fully saturated rings. The molecule has 3 rings (SSSR count). The summed E-state index contributed by atoms with van der Waals surface area (Å²) in [5.41, 5.74) is 2.31. The predicted molar refractivity (Wildman–Crippen MR) is 99.0 cm³/mol. The first-order chi connectivity index (χ1) is 12.1. The number of para-hydroxylation sites is 1. The maximum absolute atomic E-state index is 12.1. The quantitative estimate of drug-likeness (QED) is 0.677. The lowest BCUT2D eigenvalue weighted by atomic mass is 10.1. The minimum absolute atomic E-state index is 0.214. The zero-order valence-electron chi connectivity index (χ0n) is 13.6. The fourth-order valence-electron chi connectivity index (χ4n) is 2.27. The van der Waals surface area contributed by atoms with E-state index in [4.69, 9.17) is 4.74 Å². The number of nitrogens with zero attached hydrogens (tertiary/aromatic N) is 1. The van der Waals surface area contributed by atoms with Crippen LogP contribution in [0.3, 0.4) is 0 Å². The van der Waals surface area contributed by atoms with E-state index in [2.05, 4.69) is 15.6 Å². The number of hydrogen-bond donors (Lipinski definition) is 2. The SMILES string of the molecule is CCOC(=O)Cc1ccc(NC(=O)Nc2nc3ccccc3s2)cc1. The normalized spacial score (nSPS) is 10.4. The molecule has 0 aliphatic heterocycles.